The fourth-order valence-corrected chi connectivity index (χ4v) is 7.57. The van der Waals surface area contributed by atoms with Gasteiger partial charge in [-0.3, -0.25) is 4.79 Å². The second-order valence-corrected chi connectivity index (χ2v) is 13.4. The zero-order chi connectivity index (χ0) is 33.6. The minimum absolute atomic E-state index is 0.0782. The molecule has 1 fully saturated rings. The molecule has 0 saturated carbocycles. The predicted octanol–water partition coefficient (Wildman–Crippen LogP) is 4.10. The molecule has 0 bridgehead atoms. The van der Waals surface area contributed by atoms with Gasteiger partial charge in [-0.15, -0.1) is 13.2 Å². The number of hydrogen-bond acceptors (Lipinski definition) is 10. The number of nitrogens with zero attached hydrogens (tertiary/aromatic N) is 3. The number of esters is 1. The second-order valence-electron chi connectivity index (χ2n) is 10.5. The number of piperazine rings is 1. The van der Waals surface area contributed by atoms with Gasteiger partial charge in [0.1, 0.15) is 11.8 Å². The Morgan fingerprint density at radius 3 is 2.35 bits per heavy atom. The van der Waals surface area contributed by atoms with Crippen LogP contribution in [0.3, 0.4) is 0 Å². The summed E-state index contributed by atoms with van der Waals surface area (Å²) in [5.74, 6) is -2.01. The standard InChI is InChI=1S/C30H35F3N4O7S2/c1-4-6-20-7-9-21(10-8-20)17-34-27(39)24-18-36(29-35-19(3)26(45-29)25(38)28(40)43-5-2)15-16-37(24)46(41,42)23-13-11-22(12-14-23)44-30(31,32)33/h7-14,24-25,38H,4-6,15-18H2,1-3H3,(H,34,39). The van der Waals surface area contributed by atoms with E-state index in [1.807, 2.05) is 24.3 Å². The topological polar surface area (TPSA) is 138 Å². The van der Waals surface area contributed by atoms with Crippen LogP contribution in [0.2, 0.25) is 0 Å². The molecule has 2 aromatic carbocycles. The monoisotopic (exact) mass is 684 g/mol. The van der Waals surface area contributed by atoms with E-state index in [1.165, 1.54) is 0 Å². The molecule has 3 aromatic rings. The van der Waals surface area contributed by atoms with E-state index >= 15 is 0 Å². The fraction of sp³-hybridized carbons (Fsp3) is 0.433. The quantitative estimate of drug-likeness (QED) is 0.270. The molecule has 1 aliphatic rings. The van der Waals surface area contributed by atoms with Crippen LogP contribution in [-0.2, 0) is 37.3 Å². The molecule has 0 radical (unpaired) electrons. The van der Waals surface area contributed by atoms with E-state index in [0.717, 1.165) is 63.9 Å². The number of aryl methyl sites for hydroxylation is 2. The summed E-state index contributed by atoms with van der Waals surface area (Å²) >= 11 is 1.03. The summed E-state index contributed by atoms with van der Waals surface area (Å²) in [4.78, 5) is 31.9. The van der Waals surface area contributed by atoms with Gasteiger partial charge in [0.2, 0.25) is 15.9 Å². The van der Waals surface area contributed by atoms with Crippen molar-refractivity contribution in [1.29, 1.82) is 0 Å². The minimum atomic E-state index is -4.95. The van der Waals surface area contributed by atoms with Crippen molar-refractivity contribution in [3.63, 3.8) is 0 Å². The zero-order valence-corrected chi connectivity index (χ0v) is 27.0. The number of aromatic nitrogens is 1. The maximum atomic E-state index is 13.8. The van der Waals surface area contributed by atoms with Crippen molar-refractivity contribution < 1.29 is 45.8 Å². The number of benzene rings is 2. The van der Waals surface area contributed by atoms with Crippen LogP contribution in [0.15, 0.2) is 53.4 Å². The summed E-state index contributed by atoms with van der Waals surface area (Å²) in [7, 11) is -4.36. The molecule has 46 heavy (non-hydrogen) atoms. The third-order valence-electron chi connectivity index (χ3n) is 7.18. The number of alkyl halides is 3. The number of amides is 1. The predicted molar refractivity (Wildman–Crippen MR) is 164 cm³/mol. The van der Waals surface area contributed by atoms with E-state index in [9.17, 15) is 36.3 Å². The largest absolute Gasteiger partial charge is 0.573 e. The van der Waals surface area contributed by atoms with Crippen molar-refractivity contribution in [1.82, 2.24) is 14.6 Å². The first kappa shape index (κ1) is 35.1. The maximum absolute atomic E-state index is 13.8. The van der Waals surface area contributed by atoms with Crippen molar-refractivity contribution in [2.75, 3.05) is 31.1 Å². The van der Waals surface area contributed by atoms with E-state index < -0.39 is 46.2 Å². The minimum Gasteiger partial charge on any atom is -0.464 e. The van der Waals surface area contributed by atoms with E-state index in [1.54, 1.807) is 18.7 Å². The number of ether oxygens (including phenoxy) is 2. The number of hydrogen-bond donors (Lipinski definition) is 2. The Hall–Kier alpha value is -3.73. The first-order valence-electron chi connectivity index (χ1n) is 14.5. The van der Waals surface area contributed by atoms with Gasteiger partial charge in [0.25, 0.3) is 0 Å². The van der Waals surface area contributed by atoms with E-state index in [0.29, 0.717) is 10.8 Å². The summed E-state index contributed by atoms with van der Waals surface area (Å²) in [6.45, 7) is 5.31. The van der Waals surface area contributed by atoms with Gasteiger partial charge in [0, 0.05) is 26.2 Å². The Morgan fingerprint density at radius 1 is 1.09 bits per heavy atom. The molecule has 1 aliphatic heterocycles. The highest BCUT2D eigenvalue weighted by Crippen LogP contribution is 2.34. The Kier molecular flexibility index (Phi) is 11.3. The van der Waals surface area contributed by atoms with Gasteiger partial charge in [-0.05, 0) is 55.7 Å². The molecule has 1 amide bonds. The van der Waals surface area contributed by atoms with Crippen molar-refractivity contribution in [3.05, 3.63) is 70.2 Å². The Labute approximate surface area is 269 Å². The van der Waals surface area contributed by atoms with E-state index in [-0.39, 0.29) is 42.6 Å². The van der Waals surface area contributed by atoms with Crippen LogP contribution < -0.4 is 15.0 Å². The van der Waals surface area contributed by atoms with Crippen LogP contribution in [0.25, 0.3) is 0 Å². The molecular weight excluding hydrogens is 649 g/mol. The molecule has 11 nitrogen and oxygen atoms in total. The molecule has 1 aromatic heterocycles. The average molecular weight is 685 g/mol. The van der Waals surface area contributed by atoms with Crippen molar-refractivity contribution in [3.8, 4) is 5.75 Å². The molecule has 2 heterocycles. The number of thiazole rings is 1. The number of sulfonamides is 1. The van der Waals surface area contributed by atoms with Gasteiger partial charge in [0.05, 0.1) is 22.1 Å². The Morgan fingerprint density at radius 2 is 1.74 bits per heavy atom. The number of carbonyl (C=O) groups is 2. The number of aliphatic hydroxyl groups is 1. The summed E-state index contributed by atoms with van der Waals surface area (Å²) in [5.41, 5.74) is 2.34. The van der Waals surface area contributed by atoms with Crippen LogP contribution in [0.1, 0.15) is 48.1 Å². The number of nitrogens with one attached hydrogen (secondary N) is 1. The molecule has 1 saturated heterocycles. The fourth-order valence-electron chi connectivity index (χ4n) is 4.92. The smallest absolute Gasteiger partial charge is 0.464 e. The molecule has 16 heteroatoms. The Bertz CT molecular complexity index is 1610. The summed E-state index contributed by atoms with van der Waals surface area (Å²) < 4.78 is 75.2. The SMILES string of the molecule is CCCc1ccc(CNC(=O)C2CN(c3nc(C)c(C(O)C(=O)OCC)s3)CCN2S(=O)(=O)c2ccc(OC(F)(F)F)cc2)cc1. The lowest BCUT2D eigenvalue weighted by Gasteiger charge is -2.39. The molecule has 2 atom stereocenters. The summed E-state index contributed by atoms with van der Waals surface area (Å²) in [6, 6.07) is 10.2. The highest BCUT2D eigenvalue weighted by atomic mass is 32.2. The average Bonchev–Trinajstić information content (AvgIpc) is 3.41. The van der Waals surface area contributed by atoms with Crippen LogP contribution >= 0.6 is 11.3 Å². The number of aliphatic hydroxyl groups excluding tert-OH is 1. The van der Waals surface area contributed by atoms with Gasteiger partial charge in [-0.2, -0.15) is 4.31 Å². The van der Waals surface area contributed by atoms with E-state index in [4.69, 9.17) is 4.74 Å². The normalized spacial score (nSPS) is 16.6. The number of anilines is 1. The number of rotatable bonds is 12. The first-order chi connectivity index (χ1) is 21.7. The molecular formula is C30H35F3N4O7S2. The molecule has 2 unspecified atom stereocenters. The molecule has 0 aliphatic carbocycles. The summed E-state index contributed by atoms with van der Waals surface area (Å²) in [5, 5.41) is 13.7. The van der Waals surface area contributed by atoms with Crippen LogP contribution in [0.5, 0.6) is 5.75 Å². The van der Waals surface area contributed by atoms with Gasteiger partial charge < -0.3 is 24.8 Å². The third kappa shape index (κ3) is 8.54. The highest BCUT2D eigenvalue weighted by molar-refractivity contribution is 7.89. The van der Waals surface area contributed by atoms with Gasteiger partial charge >= 0.3 is 12.3 Å². The van der Waals surface area contributed by atoms with Crippen LogP contribution in [0.4, 0.5) is 18.3 Å². The lowest BCUT2D eigenvalue weighted by molar-refractivity contribution is -0.274. The maximum Gasteiger partial charge on any atom is 0.573 e. The molecule has 2 N–H and O–H groups in total. The van der Waals surface area contributed by atoms with Crippen LogP contribution in [-0.4, -0.2) is 73.3 Å². The van der Waals surface area contributed by atoms with Gasteiger partial charge in [-0.1, -0.05) is 48.9 Å². The van der Waals surface area contributed by atoms with Crippen LogP contribution in [0, 0.1) is 6.92 Å². The molecule has 0 spiro atoms. The number of carbonyl (C=O) groups excluding carboxylic acids is 2. The van der Waals surface area contributed by atoms with Crippen molar-refractivity contribution in [2.45, 2.75) is 63.6 Å². The summed E-state index contributed by atoms with van der Waals surface area (Å²) in [6.07, 6.45) is -4.61. The van der Waals surface area contributed by atoms with Gasteiger partial charge in [-0.25, -0.2) is 18.2 Å². The molecule has 4 rings (SSSR count). The van der Waals surface area contributed by atoms with E-state index in [2.05, 4.69) is 22.0 Å². The third-order valence-corrected chi connectivity index (χ3v) is 10.4. The number of halogens is 3. The lowest BCUT2D eigenvalue weighted by Crippen LogP contribution is -2.60. The lowest BCUT2D eigenvalue weighted by atomic mass is 10.1. The highest BCUT2D eigenvalue weighted by Gasteiger charge is 2.41. The molecule has 250 valence electrons. The van der Waals surface area contributed by atoms with Crippen molar-refractivity contribution >= 4 is 38.4 Å². The second kappa shape index (κ2) is 14.8. The van der Waals surface area contributed by atoms with Crippen molar-refractivity contribution in [2.24, 2.45) is 0 Å². The zero-order valence-electron chi connectivity index (χ0n) is 25.4. The first-order valence-corrected chi connectivity index (χ1v) is 16.8. The Balaban J connectivity index is 1.59. The van der Waals surface area contributed by atoms with Gasteiger partial charge in [0.15, 0.2) is 11.2 Å².